The van der Waals surface area contributed by atoms with Gasteiger partial charge in [-0.2, -0.15) is 0 Å². The number of nitrogens with zero attached hydrogens (tertiary/aromatic N) is 3. The summed E-state index contributed by atoms with van der Waals surface area (Å²) in [6.07, 6.45) is 3.88. The van der Waals surface area contributed by atoms with Crippen LogP contribution in [0.15, 0.2) is 48.2 Å². The van der Waals surface area contributed by atoms with E-state index in [0.717, 1.165) is 0 Å². The molecule has 1 aliphatic heterocycles. The van der Waals surface area contributed by atoms with Gasteiger partial charge in [-0.05, 0) is 67.9 Å². The molecule has 2 aromatic carbocycles. The lowest BCUT2D eigenvalue weighted by Gasteiger charge is -2.60. The third-order valence-corrected chi connectivity index (χ3v) is 16.5. The zero-order valence-electron chi connectivity index (χ0n) is 27.7. The Kier molecular flexibility index (Phi) is 7.27. The van der Waals surface area contributed by atoms with Crippen LogP contribution in [0.1, 0.15) is 63.3 Å². The molecule has 2 aromatic rings. The minimum Gasteiger partial charge on any atom is -0.372 e. The van der Waals surface area contributed by atoms with Gasteiger partial charge in [-0.1, -0.05) is 110 Å². The summed E-state index contributed by atoms with van der Waals surface area (Å²) in [4.78, 5) is 5.71. The van der Waals surface area contributed by atoms with Crippen LogP contribution in [-0.4, -0.2) is 33.3 Å². The summed E-state index contributed by atoms with van der Waals surface area (Å²) < 4.78 is 3.06. The Labute approximate surface area is 243 Å². The van der Waals surface area contributed by atoms with Crippen molar-refractivity contribution in [3.05, 3.63) is 70.4 Å². The maximum atomic E-state index is 3.06. The molecule has 4 rings (SSSR count). The summed E-state index contributed by atoms with van der Waals surface area (Å²) in [6, 6.07) is 13.7. The fraction of sp³-hybridized carbons (Fsp3) is 0.576. The molecule has 3 nitrogen and oxygen atoms in total. The highest BCUT2D eigenvalue weighted by Gasteiger charge is 2.70. The monoisotopic (exact) mass is 559 g/mol. The van der Waals surface area contributed by atoms with Crippen molar-refractivity contribution in [1.82, 2.24) is 4.14 Å². The molecule has 0 bridgehead atoms. The van der Waals surface area contributed by atoms with Crippen LogP contribution >= 0.6 is 0 Å². The van der Waals surface area contributed by atoms with Crippen LogP contribution in [0, 0.1) is 38.5 Å². The molecule has 39 heavy (non-hydrogen) atoms. The minimum absolute atomic E-state index is 0.00391. The largest absolute Gasteiger partial charge is 0.462 e. The smallest absolute Gasteiger partial charge is 0.372 e. The Balaban J connectivity index is 2.24. The van der Waals surface area contributed by atoms with E-state index in [4.69, 9.17) is 0 Å². The highest BCUT2D eigenvalue weighted by atomic mass is 28.4. The average molecular weight is 560 g/mol. The van der Waals surface area contributed by atoms with Crippen LogP contribution in [0.4, 0.5) is 11.4 Å². The van der Waals surface area contributed by atoms with Crippen molar-refractivity contribution in [3.8, 4) is 0 Å². The Morgan fingerprint density at radius 1 is 0.744 bits per heavy atom. The molecule has 1 atom stereocenters. The topological polar surface area (TPSA) is 9.72 Å². The molecule has 1 aliphatic carbocycles. The highest BCUT2D eigenvalue weighted by Crippen LogP contribution is 2.65. The summed E-state index contributed by atoms with van der Waals surface area (Å²) >= 11 is 0. The van der Waals surface area contributed by atoms with Crippen molar-refractivity contribution < 1.29 is 0 Å². The van der Waals surface area contributed by atoms with E-state index in [9.17, 15) is 0 Å². The van der Waals surface area contributed by atoms with Crippen LogP contribution in [0.5, 0.6) is 0 Å². The van der Waals surface area contributed by atoms with Crippen molar-refractivity contribution in [2.75, 3.05) is 9.62 Å². The third-order valence-electron chi connectivity index (χ3n) is 9.09. The van der Waals surface area contributed by atoms with Crippen LogP contribution in [-0.2, 0) is 0 Å². The molecular weight excluding hydrogens is 505 g/mol. The normalized spacial score (nSPS) is 21.6. The molecule has 1 spiro atoms. The van der Waals surface area contributed by atoms with E-state index in [1.807, 2.05) is 0 Å². The second-order valence-corrected chi connectivity index (χ2v) is 26.1. The number of rotatable bonds is 5. The quantitative estimate of drug-likeness (QED) is 0.338. The molecule has 0 aromatic heterocycles. The molecule has 0 unspecified atom stereocenters. The number of allylic oxidation sites excluding steroid dienone is 1. The van der Waals surface area contributed by atoms with E-state index >= 15 is 0 Å². The van der Waals surface area contributed by atoms with Crippen molar-refractivity contribution in [3.63, 3.8) is 0 Å². The lowest BCUT2D eigenvalue weighted by Crippen LogP contribution is -2.79. The summed E-state index contributed by atoms with van der Waals surface area (Å²) in [5, 5.41) is 0. The molecule has 212 valence electrons. The Hall–Kier alpha value is -1.76. The van der Waals surface area contributed by atoms with Gasteiger partial charge in [0.05, 0.1) is 5.54 Å². The van der Waals surface area contributed by atoms with E-state index < -0.39 is 16.5 Å². The number of anilines is 2. The Morgan fingerprint density at radius 2 is 1.13 bits per heavy atom. The molecule has 0 radical (unpaired) electrons. The molecule has 0 amide bonds. The number of hydrogen-bond donors (Lipinski definition) is 0. The van der Waals surface area contributed by atoms with E-state index in [-0.39, 0.29) is 23.5 Å². The lowest BCUT2D eigenvalue weighted by molar-refractivity contribution is 0.468. The number of aryl methyl sites for hydroxylation is 4. The predicted molar refractivity (Wildman–Crippen MR) is 180 cm³/mol. The van der Waals surface area contributed by atoms with Crippen LogP contribution < -0.4 is 9.62 Å². The molecule has 0 saturated heterocycles. The Bertz CT molecular complexity index is 1240. The van der Waals surface area contributed by atoms with Gasteiger partial charge in [0.1, 0.15) is 16.5 Å². The van der Waals surface area contributed by atoms with E-state index in [0.29, 0.717) is 0 Å². The zero-order valence-corrected chi connectivity index (χ0v) is 29.7. The molecule has 1 saturated carbocycles. The fourth-order valence-corrected chi connectivity index (χ4v) is 17.4. The first-order valence-corrected chi connectivity index (χ1v) is 21.8. The van der Waals surface area contributed by atoms with Crippen LogP contribution in [0.3, 0.4) is 0 Å². The standard InChI is InChI=1S/C33H54BN3Si2/c1-24-18-16-19-25(2)29(24)35-28(31(5,6)7)22-33(23-32(33,8)9)36(30-26(3)20-17-21-27(30)4)34(35)37(38(10,11)12)39(13,14)15/h16-22H,23H2,1-15H3/t33-/m1/s1. The van der Waals surface area contributed by atoms with Gasteiger partial charge < -0.3 is 13.8 Å². The first kappa shape index (κ1) is 30.2. The van der Waals surface area contributed by atoms with E-state index in [1.165, 1.54) is 45.7 Å². The van der Waals surface area contributed by atoms with Gasteiger partial charge in [-0.25, -0.2) is 0 Å². The lowest BCUT2D eigenvalue weighted by atomic mass is 9.71. The fourth-order valence-electron chi connectivity index (χ4n) is 7.53. The molecule has 0 N–H and O–H groups in total. The molecular formula is C33H54BN3Si2. The van der Waals surface area contributed by atoms with Crippen molar-refractivity contribution in [1.29, 1.82) is 0 Å². The second kappa shape index (κ2) is 9.39. The molecule has 6 heteroatoms. The van der Waals surface area contributed by atoms with Crippen molar-refractivity contribution in [2.24, 2.45) is 10.8 Å². The first-order valence-electron chi connectivity index (χ1n) is 14.9. The molecule has 1 heterocycles. The predicted octanol–water partition coefficient (Wildman–Crippen LogP) is 9.30. The first-order chi connectivity index (χ1) is 17.6. The van der Waals surface area contributed by atoms with E-state index in [2.05, 4.69) is 158 Å². The van der Waals surface area contributed by atoms with Crippen molar-refractivity contribution >= 4 is 35.0 Å². The zero-order chi connectivity index (χ0) is 29.5. The van der Waals surface area contributed by atoms with E-state index in [1.54, 1.807) is 0 Å². The molecule has 2 aliphatic rings. The maximum Gasteiger partial charge on any atom is 0.462 e. The second-order valence-electron chi connectivity index (χ2n) is 16.0. The van der Waals surface area contributed by atoms with Gasteiger partial charge in [0.2, 0.25) is 0 Å². The summed E-state index contributed by atoms with van der Waals surface area (Å²) in [5.74, 6) is 0. The summed E-state index contributed by atoms with van der Waals surface area (Å²) in [7, 11) is -3.51. The van der Waals surface area contributed by atoms with Gasteiger partial charge in [0.25, 0.3) is 0 Å². The summed E-state index contributed by atoms with van der Waals surface area (Å²) in [5.41, 5.74) is 9.90. The third kappa shape index (κ3) is 4.99. The van der Waals surface area contributed by atoms with Gasteiger partial charge in [0.15, 0.2) is 0 Å². The summed E-state index contributed by atoms with van der Waals surface area (Å²) in [6.45, 7) is 36.9. The number of benzene rings is 2. The Morgan fingerprint density at radius 3 is 1.46 bits per heavy atom. The SMILES string of the molecule is Cc1cccc(C)c1N1B(N([Si](C)(C)C)[Si](C)(C)C)N(c2c(C)cccc2C)[C@]2(C=C1C(C)(C)C)CC2(C)C. The van der Waals surface area contributed by atoms with Crippen molar-refractivity contribution in [2.45, 2.75) is 114 Å². The van der Waals surface area contributed by atoms with Gasteiger partial charge >= 0.3 is 7.12 Å². The minimum atomic E-state index is -1.81. The molecule has 1 fully saturated rings. The van der Waals surface area contributed by atoms with Crippen LogP contribution in [0.2, 0.25) is 39.3 Å². The number of para-hydroxylation sites is 2. The van der Waals surface area contributed by atoms with Gasteiger partial charge in [-0.15, -0.1) is 0 Å². The highest BCUT2D eigenvalue weighted by molar-refractivity contribution is 7.01. The number of hydrogen-bond acceptors (Lipinski definition) is 3. The maximum absolute atomic E-state index is 3.06. The van der Waals surface area contributed by atoms with Gasteiger partial charge in [0, 0.05) is 22.5 Å². The average Bonchev–Trinajstić information content (AvgIpc) is 3.28. The van der Waals surface area contributed by atoms with Gasteiger partial charge in [-0.3, -0.25) is 0 Å². The van der Waals surface area contributed by atoms with Crippen LogP contribution in [0.25, 0.3) is 0 Å².